The topological polar surface area (TPSA) is 38.0 Å². The van der Waals surface area contributed by atoms with Gasteiger partial charge < -0.3 is 5.11 Å². The number of aryl methyl sites for hydroxylation is 3. The molecule has 0 radical (unpaired) electrons. The molecule has 0 spiro atoms. The first-order valence-corrected chi connectivity index (χ1v) is 7.26. The van der Waals surface area contributed by atoms with Gasteiger partial charge in [0, 0.05) is 23.6 Å². The third-order valence-corrected chi connectivity index (χ3v) is 4.25. The second kappa shape index (κ2) is 5.88. The molecule has 1 aromatic carbocycles. The molecule has 102 valence electrons. The van der Waals surface area contributed by atoms with Gasteiger partial charge in [-0.1, -0.05) is 35.0 Å². The maximum Gasteiger partial charge on any atom is 0.0845 e. The van der Waals surface area contributed by atoms with Gasteiger partial charge in [0.15, 0.2) is 0 Å². The molecule has 2 rings (SSSR count). The van der Waals surface area contributed by atoms with Crippen LogP contribution in [0, 0.1) is 6.92 Å². The average Bonchev–Trinajstić information content (AvgIpc) is 2.73. The number of aliphatic hydroxyl groups is 1. The van der Waals surface area contributed by atoms with Crippen molar-refractivity contribution in [1.82, 2.24) is 9.78 Å². The normalized spacial score (nSPS) is 12.7. The summed E-state index contributed by atoms with van der Waals surface area (Å²) in [6.45, 7) is 4.11. The van der Waals surface area contributed by atoms with E-state index in [1.807, 2.05) is 36.9 Å². The van der Waals surface area contributed by atoms with Gasteiger partial charge in [-0.05, 0) is 36.6 Å². The lowest BCUT2D eigenvalue weighted by atomic mass is 10.0. The summed E-state index contributed by atoms with van der Waals surface area (Å²) in [5, 5.41) is 14.7. The molecule has 1 heterocycles. The Labute approximate surface area is 122 Å². The van der Waals surface area contributed by atoms with Gasteiger partial charge in [0.2, 0.25) is 0 Å². The molecule has 1 atom stereocenters. The quantitative estimate of drug-likeness (QED) is 0.937. The molecule has 0 saturated heterocycles. The van der Waals surface area contributed by atoms with E-state index in [1.54, 1.807) is 0 Å². The van der Waals surface area contributed by atoms with Crippen LogP contribution < -0.4 is 0 Å². The summed E-state index contributed by atoms with van der Waals surface area (Å²) in [5.41, 5.74) is 4.21. The standard InChI is InChI=1S/C15H19BrN2O/c1-4-12-8-13(18(3)17-12)9-15(19)11-5-6-14(16)10(2)7-11/h5-8,15,19H,4,9H2,1-3H3. The second-order valence-electron chi connectivity index (χ2n) is 4.83. The van der Waals surface area contributed by atoms with E-state index in [-0.39, 0.29) is 0 Å². The van der Waals surface area contributed by atoms with Crippen molar-refractivity contribution in [2.45, 2.75) is 32.8 Å². The van der Waals surface area contributed by atoms with Crippen molar-refractivity contribution in [2.24, 2.45) is 7.05 Å². The molecular weight excluding hydrogens is 304 g/mol. The van der Waals surface area contributed by atoms with Crippen molar-refractivity contribution in [3.05, 3.63) is 51.3 Å². The third kappa shape index (κ3) is 3.25. The fourth-order valence-corrected chi connectivity index (χ4v) is 2.37. The molecular formula is C15H19BrN2O. The zero-order chi connectivity index (χ0) is 14.0. The minimum atomic E-state index is -0.494. The molecule has 4 heteroatoms. The highest BCUT2D eigenvalue weighted by atomic mass is 79.9. The Morgan fingerprint density at radius 1 is 1.37 bits per heavy atom. The van der Waals surface area contributed by atoms with Crippen LogP contribution in [0.4, 0.5) is 0 Å². The van der Waals surface area contributed by atoms with E-state index in [9.17, 15) is 5.11 Å². The fourth-order valence-electron chi connectivity index (χ4n) is 2.13. The maximum atomic E-state index is 10.3. The minimum absolute atomic E-state index is 0.494. The van der Waals surface area contributed by atoms with Crippen molar-refractivity contribution in [3.63, 3.8) is 0 Å². The molecule has 3 nitrogen and oxygen atoms in total. The van der Waals surface area contributed by atoms with Crippen molar-refractivity contribution in [2.75, 3.05) is 0 Å². The van der Waals surface area contributed by atoms with E-state index < -0.39 is 6.10 Å². The van der Waals surface area contributed by atoms with E-state index in [4.69, 9.17) is 0 Å². The van der Waals surface area contributed by atoms with Crippen LogP contribution in [-0.4, -0.2) is 14.9 Å². The van der Waals surface area contributed by atoms with Crippen LogP contribution in [-0.2, 0) is 19.9 Å². The first-order valence-electron chi connectivity index (χ1n) is 6.47. The van der Waals surface area contributed by atoms with Gasteiger partial charge in [-0.3, -0.25) is 4.68 Å². The molecule has 0 aliphatic rings. The lowest BCUT2D eigenvalue weighted by molar-refractivity contribution is 0.175. The largest absolute Gasteiger partial charge is 0.388 e. The smallest absolute Gasteiger partial charge is 0.0845 e. The summed E-state index contributed by atoms with van der Waals surface area (Å²) in [4.78, 5) is 0. The zero-order valence-corrected chi connectivity index (χ0v) is 13.1. The summed E-state index contributed by atoms with van der Waals surface area (Å²) >= 11 is 3.47. The van der Waals surface area contributed by atoms with Crippen LogP contribution in [0.5, 0.6) is 0 Å². The number of hydrogen-bond acceptors (Lipinski definition) is 2. The first-order chi connectivity index (χ1) is 9.01. The molecule has 2 aromatic rings. The maximum absolute atomic E-state index is 10.3. The second-order valence-corrected chi connectivity index (χ2v) is 5.69. The summed E-state index contributed by atoms with van der Waals surface area (Å²) in [5.74, 6) is 0. The van der Waals surface area contributed by atoms with Gasteiger partial charge in [0.25, 0.3) is 0 Å². The number of halogens is 1. The Morgan fingerprint density at radius 3 is 2.68 bits per heavy atom. The lowest BCUT2D eigenvalue weighted by Crippen LogP contribution is -2.06. The number of hydrogen-bond donors (Lipinski definition) is 1. The molecule has 0 saturated carbocycles. The Hall–Kier alpha value is -1.13. The first kappa shape index (κ1) is 14.3. The van der Waals surface area contributed by atoms with Crippen molar-refractivity contribution in [1.29, 1.82) is 0 Å². The van der Waals surface area contributed by atoms with Crippen molar-refractivity contribution >= 4 is 15.9 Å². The van der Waals surface area contributed by atoms with Gasteiger partial charge >= 0.3 is 0 Å². The molecule has 0 amide bonds. The van der Waals surface area contributed by atoms with Crippen LogP contribution >= 0.6 is 15.9 Å². The highest BCUT2D eigenvalue weighted by Gasteiger charge is 2.13. The monoisotopic (exact) mass is 322 g/mol. The zero-order valence-electron chi connectivity index (χ0n) is 11.5. The van der Waals surface area contributed by atoms with Crippen molar-refractivity contribution in [3.8, 4) is 0 Å². The highest BCUT2D eigenvalue weighted by Crippen LogP contribution is 2.23. The minimum Gasteiger partial charge on any atom is -0.388 e. The average molecular weight is 323 g/mol. The Bertz CT molecular complexity index is 578. The molecule has 0 fully saturated rings. The predicted molar refractivity (Wildman–Crippen MR) is 80.1 cm³/mol. The number of aliphatic hydroxyl groups excluding tert-OH is 1. The molecule has 0 aliphatic carbocycles. The van der Waals surface area contributed by atoms with Crippen LogP contribution in [0.15, 0.2) is 28.7 Å². The summed E-state index contributed by atoms with van der Waals surface area (Å²) in [6.07, 6.45) is 1.01. The Kier molecular flexibility index (Phi) is 4.42. The van der Waals surface area contributed by atoms with Crippen LogP contribution in [0.3, 0.4) is 0 Å². The third-order valence-electron chi connectivity index (χ3n) is 3.36. The lowest BCUT2D eigenvalue weighted by Gasteiger charge is -2.12. The number of rotatable bonds is 4. The fraction of sp³-hybridized carbons (Fsp3) is 0.400. The SMILES string of the molecule is CCc1cc(CC(O)c2ccc(Br)c(C)c2)n(C)n1. The van der Waals surface area contributed by atoms with E-state index in [0.717, 1.165) is 33.4 Å². The summed E-state index contributed by atoms with van der Waals surface area (Å²) in [6, 6.07) is 8.02. The van der Waals surface area contributed by atoms with Gasteiger partial charge in [0.05, 0.1) is 11.8 Å². The van der Waals surface area contributed by atoms with E-state index in [2.05, 4.69) is 34.0 Å². The van der Waals surface area contributed by atoms with Crippen LogP contribution in [0.1, 0.15) is 35.5 Å². The summed E-state index contributed by atoms with van der Waals surface area (Å²) in [7, 11) is 1.92. The molecule has 1 N–H and O–H groups in total. The van der Waals surface area contributed by atoms with Crippen LogP contribution in [0.25, 0.3) is 0 Å². The van der Waals surface area contributed by atoms with E-state index in [1.165, 1.54) is 0 Å². The Balaban J connectivity index is 2.17. The molecule has 0 aliphatic heterocycles. The van der Waals surface area contributed by atoms with Gasteiger partial charge in [-0.15, -0.1) is 0 Å². The van der Waals surface area contributed by atoms with E-state index in [0.29, 0.717) is 6.42 Å². The van der Waals surface area contributed by atoms with Crippen LogP contribution in [0.2, 0.25) is 0 Å². The van der Waals surface area contributed by atoms with Gasteiger partial charge in [-0.25, -0.2) is 0 Å². The van der Waals surface area contributed by atoms with Gasteiger partial charge in [-0.2, -0.15) is 5.10 Å². The molecule has 1 aromatic heterocycles. The number of nitrogens with zero attached hydrogens (tertiary/aromatic N) is 2. The number of benzene rings is 1. The van der Waals surface area contributed by atoms with Gasteiger partial charge in [0.1, 0.15) is 0 Å². The highest BCUT2D eigenvalue weighted by molar-refractivity contribution is 9.10. The van der Waals surface area contributed by atoms with Crippen molar-refractivity contribution < 1.29 is 5.11 Å². The predicted octanol–water partition coefficient (Wildman–Crippen LogP) is 3.33. The molecule has 0 bridgehead atoms. The molecule has 19 heavy (non-hydrogen) atoms. The summed E-state index contributed by atoms with van der Waals surface area (Å²) < 4.78 is 2.92. The molecule has 1 unspecified atom stereocenters. The Morgan fingerprint density at radius 2 is 2.11 bits per heavy atom. The van der Waals surface area contributed by atoms with E-state index >= 15 is 0 Å². The number of aromatic nitrogens is 2.